The van der Waals surface area contributed by atoms with Crippen LogP contribution < -0.4 is 118 Å². The minimum absolute atomic E-state index is 0. The molecule has 0 fully saturated rings. The van der Waals surface area contributed by atoms with Crippen LogP contribution in [-0.2, 0) is 16.1 Å². The molecule has 51 heavy (non-hydrogen) atoms. The molecule has 1 N–H and O–H groups in total. The molecule has 270 valence electrons. The van der Waals surface area contributed by atoms with Crippen LogP contribution in [0.5, 0.6) is 17.2 Å². The Morgan fingerprint density at radius 2 is 1.14 bits per heavy atom. The molecule has 0 amide bonds. The van der Waals surface area contributed by atoms with Gasteiger partial charge in [-0.25, -0.2) is 17.6 Å². The minimum Gasteiger partial charge on any atom is -1.00 e. The van der Waals surface area contributed by atoms with Crippen LogP contribution in [0, 0.1) is 51.4 Å². The quantitative estimate of drug-likeness (QED) is 0.0349. The molecule has 0 saturated heterocycles. The second-order valence-electron chi connectivity index (χ2n) is 9.77. The van der Waals surface area contributed by atoms with E-state index in [1.807, 2.05) is 29.5 Å². The number of phenols is 1. The third-order valence-electron chi connectivity index (χ3n) is 6.04. The molecule has 4 aromatic rings. The standard InChI is InChI=1S/C17H16F2I2O.C9H9BrFIO.C7H6FIO.CH2O3.2K.H/c1-11-8-13(19)10-15(20)14(11)4-2-3-7-22-17-6-5-12(18)9-16(17)21;10-4-1-5-13-9-3-2-7(11)6-8(9)12;1-4-2-5(8)3-6(9)7(4)10;2-1-4-3;;;/h5-6,8-10H,2-4,7H2,1H3;2-3,6H,1,4-5H2;2-3,10H,1H3;1,3H;;;/q;;;;2*+1;-1/p-1. The third-order valence-corrected chi connectivity index (χ3v) is 10.1. The summed E-state index contributed by atoms with van der Waals surface area (Å²) in [5.41, 5.74) is 2.78. The first-order chi connectivity index (χ1) is 23.2. The normalized spacial score (nSPS) is 9.57. The van der Waals surface area contributed by atoms with Crippen molar-refractivity contribution in [1.82, 2.24) is 0 Å². The molecule has 0 unspecified atom stereocenters. The summed E-state index contributed by atoms with van der Waals surface area (Å²) in [4.78, 5) is 11.2. The number of phenolic OH excluding ortho intramolecular Hbond substituents is 1. The van der Waals surface area contributed by atoms with Crippen LogP contribution >= 0.6 is 106 Å². The number of unbranched alkanes of at least 4 members (excludes halogenated alkanes) is 1. The van der Waals surface area contributed by atoms with E-state index in [0.29, 0.717) is 22.3 Å². The van der Waals surface area contributed by atoms with Gasteiger partial charge in [0.1, 0.15) is 40.5 Å². The zero-order chi connectivity index (χ0) is 36.9. The molecule has 0 saturated carbocycles. The Hall–Kier alpha value is 2.10. The largest absolute Gasteiger partial charge is 1.00 e. The first kappa shape index (κ1) is 55.2. The zero-order valence-corrected chi connectivity index (χ0v) is 44.7. The average Bonchev–Trinajstić information content (AvgIpc) is 3.03. The second-order valence-corrected chi connectivity index (χ2v) is 15.2. The molecule has 0 radical (unpaired) electrons. The van der Waals surface area contributed by atoms with Gasteiger partial charge in [0.25, 0.3) is 6.47 Å². The van der Waals surface area contributed by atoms with E-state index in [1.165, 1.54) is 42.0 Å². The van der Waals surface area contributed by atoms with E-state index in [2.05, 4.69) is 88.6 Å². The summed E-state index contributed by atoms with van der Waals surface area (Å²) in [7, 11) is 0. The molecule has 0 aliphatic heterocycles. The van der Waals surface area contributed by atoms with Gasteiger partial charge in [-0.2, -0.15) is 0 Å². The van der Waals surface area contributed by atoms with Gasteiger partial charge in [0.05, 0.1) is 23.9 Å². The Balaban J connectivity index is -0.000000686. The summed E-state index contributed by atoms with van der Waals surface area (Å²) in [5.74, 6) is 0.675. The van der Waals surface area contributed by atoms with E-state index in [4.69, 9.17) is 24.6 Å². The predicted molar refractivity (Wildman–Crippen MR) is 218 cm³/mol. The molecular formula is C34H33BrF4I4K2O6. The van der Waals surface area contributed by atoms with Crippen molar-refractivity contribution in [2.24, 2.45) is 0 Å². The Morgan fingerprint density at radius 1 is 0.706 bits per heavy atom. The van der Waals surface area contributed by atoms with Gasteiger partial charge in [0.15, 0.2) is 0 Å². The summed E-state index contributed by atoms with van der Waals surface area (Å²) in [6.07, 6.45) is 3.74. The molecule has 4 aromatic carbocycles. The Kier molecular flexibility index (Phi) is 34.7. The number of halogens is 9. The predicted octanol–water partition coefficient (Wildman–Crippen LogP) is 4.48. The van der Waals surface area contributed by atoms with Gasteiger partial charge in [-0.1, -0.05) is 15.9 Å². The van der Waals surface area contributed by atoms with Crippen LogP contribution in [0.15, 0.2) is 60.7 Å². The number of benzene rings is 4. The van der Waals surface area contributed by atoms with Crippen LogP contribution in [0.1, 0.15) is 37.4 Å². The van der Waals surface area contributed by atoms with E-state index in [-0.39, 0.29) is 140 Å². The van der Waals surface area contributed by atoms with Crippen molar-refractivity contribution < 1.29 is 151 Å². The van der Waals surface area contributed by atoms with Gasteiger partial charge in [0, 0.05) is 8.90 Å². The zero-order valence-electron chi connectivity index (χ0n) is 29.2. The molecule has 0 atom stereocenters. The fraction of sp³-hybridized carbons (Fsp3) is 0.265. The number of rotatable bonds is 11. The molecule has 0 aliphatic carbocycles. The first-order valence-corrected chi connectivity index (χ1v) is 19.7. The first-order valence-electron chi connectivity index (χ1n) is 14.3. The number of carbonyl (C=O) groups is 1. The van der Waals surface area contributed by atoms with Crippen molar-refractivity contribution in [3.05, 3.63) is 115 Å². The van der Waals surface area contributed by atoms with Crippen molar-refractivity contribution in [3.63, 3.8) is 0 Å². The summed E-state index contributed by atoms with van der Waals surface area (Å²) in [6, 6.07) is 14.8. The molecule has 0 aliphatic rings. The van der Waals surface area contributed by atoms with Crippen molar-refractivity contribution in [3.8, 4) is 17.2 Å². The van der Waals surface area contributed by atoms with Crippen LogP contribution in [0.2, 0.25) is 0 Å². The van der Waals surface area contributed by atoms with E-state index in [0.717, 1.165) is 58.8 Å². The van der Waals surface area contributed by atoms with Crippen molar-refractivity contribution in [2.45, 2.75) is 39.5 Å². The smallest absolute Gasteiger partial charge is 1.00 e. The van der Waals surface area contributed by atoms with Gasteiger partial charge in [-0.05, 0) is 207 Å². The number of alkyl halides is 1. The number of hydrogen-bond donors (Lipinski definition) is 1. The van der Waals surface area contributed by atoms with E-state index >= 15 is 0 Å². The summed E-state index contributed by atoms with van der Waals surface area (Å²) >= 11 is 11.5. The minimum atomic E-state index is -0.306. The van der Waals surface area contributed by atoms with Crippen molar-refractivity contribution in [2.75, 3.05) is 18.5 Å². The molecule has 4 rings (SSSR count). The van der Waals surface area contributed by atoms with Crippen LogP contribution in [0.25, 0.3) is 0 Å². The molecule has 17 heteroatoms. The summed E-state index contributed by atoms with van der Waals surface area (Å²) in [5, 5.41) is 18.5. The number of hydrogen-bond acceptors (Lipinski definition) is 6. The molecular weight excluding hydrogens is 1250 g/mol. The number of aryl methyl sites for hydroxylation is 2. The average molecular weight is 1280 g/mol. The van der Waals surface area contributed by atoms with Gasteiger partial charge in [-0.15, -0.1) is 0 Å². The molecule has 0 aromatic heterocycles. The maximum Gasteiger partial charge on any atom is 1.00 e. The van der Waals surface area contributed by atoms with E-state index in [1.54, 1.807) is 31.2 Å². The van der Waals surface area contributed by atoms with Gasteiger partial charge in [0.2, 0.25) is 0 Å². The topological polar surface area (TPSA) is 88.0 Å². The number of ether oxygens (including phenoxy) is 2. The fourth-order valence-electron chi connectivity index (χ4n) is 3.75. The summed E-state index contributed by atoms with van der Waals surface area (Å²) < 4.78 is 65.6. The van der Waals surface area contributed by atoms with Crippen molar-refractivity contribution in [1.29, 1.82) is 0 Å². The van der Waals surface area contributed by atoms with E-state index in [9.17, 15) is 17.6 Å². The second kappa shape index (κ2) is 32.1. The third kappa shape index (κ3) is 23.8. The Morgan fingerprint density at radius 3 is 1.55 bits per heavy atom. The monoisotopic (exact) mass is 1280 g/mol. The summed E-state index contributed by atoms with van der Waals surface area (Å²) in [6.45, 7) is 4.68. The molecule has 6 nitrogen and oxygen atoms in total. The molecule has 0 bridgehead atoms. The van der Waals surface area contributed by atoms with Crippen LogP contribution in [0.3, 0.4) is 0 Å². The number of carbonyl (C=O) groups excluding carboxylic acids is 1. The SMILES string of the molecule is Cc1cc(F)cc(I)c1CCCCOc1ccc(F)cc1I.Cc1cc(F)cc(I)c1O.Fc1ccc(OCCCBr)c(I)c1.O=CO[O-].[H-].[K+].[K+]. The maximum absolute atomic E-state index is 13.3. The van der Waals surface area contributed by atoms with Gasteiger partial charge < -0.3 is 26.2 Å². The van der Waals surface area contributed by atoms with Crippen LogP contribution in [-0.4, -0.2) is 30.1 Å². The van der Waals surface area contributed by atoms with Gasteiger partial charge >= 0.3 is 103 Å². The molecule has 0 heterocycles. The van der Waals surface area contributed by atoms with E-state index < -0.39 is 0 Å². The van der Waals surface area contributed by atoms with Crippen molar-refractivity contribution >= 4 is 113 Å². The Bertz CT molecular complexity index is 1590. The maximum atomic E-state index is 13.3. The molecule has 0 spiro atoms. The number of aromatic hydroxyl groups is 1. The Labute approximate surface area is 445 Å². The van der Waals surface area contributed by atoms with Gasteiger partial charge in [-0.3, -0.25) is 4.79 Å². The fourth-order valence-corrected chi connectivity index (χ4v) is 6.96. The van der Waals surface area contributed by atoms with Crippen LogP contribution in [0.4, 0.5) is 17.6 Å².